The summed E-state index contributed by atoms with van der Waals surface area (Å²) >= 11 is 0. The Kier molecular flexibility index (Phi) is 3.35. The molecule has 2 saturated heterocycles. The van der Waals surface area contributed by atoms with Crippen LogP contribution < -0.4 is 5.32 Å². The first kappa shape index (κ1) is 12.1. The molecule has 3 rings (SSSR count). The fraction of sp³-hybridized carbons (Fsp3) is 0.667. The van der Waals surface area contributed by atoms with Crippen molar-refractivity contribution in [1.82, 2.24) is 15.2 Å². The molecule has 1 aromatic heterocycles. The second-order valence-electron chi connectivity index (χ2n) is 5.90. The van der Waals surface area contributed by atoms with Gasteiger partial charge in [-0.1, -0.05) is 0 Å². The van der Waals surface area contributed by atoms with E-state index < -0.39 is 0 Å². The lowest BCUT2D eigenvalue weighted by atomic mass is 9.97. The zero-order chi connectivity index (χ0) is 12.5. The lowest BCUT2D eigenvalue weighted by Crippen LogP contribution is -2.47. The molecule has 1 N–H and O–H groups in total. The molecule has 1 aromatic rings. The van der Waals surface area contributed by atoms with Crippen molar-refractivity contribution in [2.75, 3.05) is 7.05 Å². The van der Waals surface area contributed by atoms with Gasteiger partial charge in [0.1, 0.15) is 0 Å². The third-order valence-electron chi connectivity index (χ3n) is 4.82. The number of hydrogen-bond acceptors (Lipinski definition) is 3. The summed E-state index contributed by atoms with van der Waals surface area (Å²) in [7, 11) is 2.30. The van der Waals surface area contributed by atoms with Gasteiger partial charge in [0.25, 0.3) is 0 Å². The predicted molar refractivity (Wildman–Crippen MR) is 73.4 cm³/mol. The van der Waals surface area contributed by atoms with E-state index in [1.54, 1.807) is 0 Å². The van der Waals surface area contributed by atoms with E-state index in [2.05, 4.69) is 35.2 Å². The van der Waals surface area contributed by atoms with Crippen LogP contribution >= 0.6 is 0 Å². The van der Waals surface area contributed by atoms with Gasteiger partial charge in [0.05, 0.1) is 0 Å². The van der Waals surface area contributed by atoms with Gasteiger partial charge in [-0.25, -0.2) is 0 Å². The molecule has 0 radical (unpaired) electrons. The Bertz CT molecular complexity index is 404. The molecule has 3 heterocycles. The first-order chi connectivity index (χ1) is 8.74. The van der Waals surface area contributed by atoms with Gasteiger partial charge in [-0.3, -0.25) is 4.98 Å². The highest BCUT2D eigenvalue weighted by atomic mass is 15.2. The van der Waals surface area contributed by atoms with Crippen LogP contribution in [0.25, 0.3) is 0 Å². The molecule has 18 heavy (non-hydrogen) atoms. The number of nitrogens with one attached hydrogen (secondary N) is 1. The molecule has 2 fully saturated rings. The monoisotopic (exact) mass is 245 g/mol. The first-order valence-electron chi connectivity index (χ1n) is 7.09. The second kappa shape index (κ2) is 4.98. The van der Waals surface area contributed by atoms with Gasteiger partial charge in [0, 0.05) is 37.1 Å². The highest BCUT2D eigenvalue weighted by molar-refractivity contribution is 5.21. The number of hydrogen-bond donors (Lipinski definition) is 1. The minimum atomic E-state index is 0.700. The average molecular weight is 245 g/mol. The lowest BCUT2D eigenvalue weighted by Gasteiger charge is -2.36. The smallest absolute Gasteiger partial charge is 0.0300 e. The van der Waals surface area contributed by atoms with Crippen LogP contribution in [0.3, 0.4) is 0 Å². The van der Waals surface area contributed by atoms with Crippen molar-refractivity contribution in [1.29, 1.82) is 0 Å². The molecule has 2 bridgehead atoms. The fourth-order valence-electron chi connectivity index (χ4n) is 3.53. The fourth-order valence-corrected chi connectivity index (χ4v) is 3.53. The molecule has 2 unspecified atom stereocenters. The Hall–Kier alpha value is -0.930. The molecular weight excluding hydrogens is 222 g/mol. The number of piperidine rings is 1. The van der Waals surface area contributed by atoms with Crippen molar-refractivity contribution in [3.63, 3.8) is 0 Å². The van der Waals surface area contributed by atoms with Crippen LogP contribution in [0, 0.1) is 6.92 Å². The number of pyridine rings is 1. The van der Waals surface area contributed by atoms with Crippen molar-refractivity contribution in [2.24, 2.45) is 0 Å². The third kappa shape index (κ3) is 2.29. The van der Waals surface area contributed by atoms with E-state index in [4.69, 9.17) is 0 Å². The molecule has 2 aliphatic rings. The standard InChI is InChI=1S/C15H23N3/c1-11-9-16-6-5-12(11)10-17-13-7-14-3-4-15(8-13)18(14)2/h5-6,9,13-15,17H,3-4,7-8,10H2,1-2H3. The summed E-state index contributed by atoms with van der Waals surface area (Å²) in [4.78, 5) is 6.74. The van der Waals surface area contributed by atoms with Gasteiger partial charge < -0.3 is 10.2 Å². The number of fused-ring (bicyclic) bond motifs is 2. The van der Waals surface area contributed by atoms with E-state index in [0.29, 0.717) is 6.04 Å². The van der Waals surface area contributed by atoms with Crippen molar-refractivity contribution < 1.29 is 0 Å². The quantitative estimate of drug-likeness (QED) is 0.884. The van der Waals surface area contributed by atoms with Crippen molar-refractivity contribution in [3.8, 4) is 0 Å². The molecule has 0 aromatic carbocycles. The number of aryl methyl sites for hydroxylation is 1. The summed E-state index contributed by atoms with van der Waals surface area (Å²) < 4.78 is 0. The molecule has 0 amide bonds. The molecule has 3 nitrogen and oxygen atoms in total. The normalized spacial score (nSPS) is 31.8. The van der Waals surface area contributed by atoms with Gasteiger partial charge in [-0.2, -0.15) is 0 Å². The summed E-state index contributed by atoms with van der Waals surface area (Å²) in [5, 5.41) is 3.75. The van der Waals surface area contributed by atoms with Crippen molar-refractivity contribution in [3.05, 3.63) is 29.6 Å². The van der Waals surface area contributed by atoms with Gasteiger partial charge >= 0.3 is 0 Å². The van der Waals surface area contributed by atoms with Crippen LogP contribution in [0.1, 0.15) is 36.8 Å². The maximum atomic E-state index is 4.15. The van der Waals surface area contributed by atoms with Crippen molar-refractivity contribution in [2.45, 2.75) is 57.3 Å². The van der Waals surface area contributed by atoms with E-state index in [9.17, 15) is 0 Å². The Balaban J connectivity index is 1.57. The highest BCUT2D eigenvalue weighted by Crippen LogP contribution is 2.34. The van der Waals surface area contributed by atoms with Gasteiger partial charge in [-0.05, 0) is 56.8 Å². The van der Waals surface area contributed by atoms with E-state index in [1.807, 2.05) is 12.4 Å². The molecule has 98 valence electrons. The Morgan fingerprint density at radius 3 is 2.72 bits per heavy atom. The molecule has 0 spiro atoms. The van der Waals surface area contributed by atoms with E-state index in [-0.39, 0.29) is 0 Å². The largest absolute Gasteiger partial charge is 0.310 e. The Morgan fingerprint density at radius 2 is 2.06 bits per heavy atom. The van der Waals surface area contributed by atoms with Crippen LogP contribution in [0.5, 0.6) is 0 Å². The molecule has 3 heteroatoms. The average Bonchev–Trinajstić information content (AvgIpc) is 2.62. The summed E-state index contributed by atoms with van der Waals surface area (Å²) in [5.74, 6) is 0. The number of aromatic nitrogens is 1. The number of nitrogens with zero attached hydrogens (tertiary/aromatic N) is 2. The number of rotatable bonds is 3. The van der Waals surface area contributed by atoms with Crippen LogP contribution in [0.2, 0.25) is 0 Å². The minimum absolute atomic E-state index is 0.700. The van der Waals surface area contributed by atoms with Crippen LogP contribution in [-0.2, 0) is 6.54 Å². The maximum Gasteiger partial charge on any atom is 0.0300 e. The topological polar surface area (TPSA) is 28.2 Å². The zero-order valence-corrected chi connectivity index (χ0v) is 11.4. The summed E-state index contributed by atoms with van der Waals surface area (Å²) in [6, 6.07) is 4.47. The van der Waals surface area contributed by atoms with Gasteiger partial charge in [0.2, 0.25) is 0 Å². The molecule has 0 saturated carbocycles. The molecule has 2 atom stereocenters. The van der Waals surface area contributed by atoms with E-state index in [1.165, 1.54) is 36.8 Å². The highest BCUT2D eigenvalue weighted by Gasteiger charge is 2.37. The molecule has 0 aliphatic carbocycles. The van der Waals surface area contributed by atoms with Crippen molar-refractivity contribution >= 4 is 0 Å². The summed E-state index contributed by atoms with van der Waals surface area (Å²) in [5.41, 5.74) is 2.68. The third-order valence-corrected chi connectivity index (χ3v) is 4.82. The first-order valence-corrected chi connectivity index (χ1v) is 7.09. The summed E-state index contributed by atoms with van der Waals surface area (Å²) in [6.45, 7) is 3.13. The lowest BCUT2D eigenvalue weighted by molar-refractivity contribution is 0.148. The predicted octanol–water partition coefficient (Wildman–Crippen LogP) is 2.10. The van der Waals surface area contributed by atoms with E-state index in [0.717, 1.165) is 18.6 Å². The van der Waals surface area contributed by atoms with Crippen LogP contribution in [0.15, 0.2) is 18.5 Å². The van der Waals surface area contributed by atoms with Gasteiger partial charge in [-0.15, -0.1) is 0 Å². The van der Waals surface area contributed by atoms with Gasteiger partial charge in [0.15, 0.2) is 0 Å². The molecule has 2 aliphatic heterocycles. The van der Waals surface area contributed by atoms with Crippen LogP contribution in [-0.4, -0.2) is 35.1 Å². The zero-order valence-electron chi connectivity index (χ0n) is 11.4. The maximum absolute atomic E-state index is 4.15. The second-order valence-corrected chi connectivity index (χ2v) is 5.90. The Morgan fingerprint density at radius 1 is 1.33 bits per heavy atom. The Labute approximate surface area is 110 Å². The molecular formula is C15H23N3. The van der Waals surface area contributed by atoms with E-state index >= 15 is 0 Å². The SMILES string of the molecule is Cc1cnccc1CNC1CC2CCC(C1)N2C. The van der Waals surface area contributed by atoms with Crippen LogP contribution in [0.4, 0.5) is 0 Å². The summed E-state index contributed by atoms with van der Waals surface area (Å²) in [6.07, 6.45) is 9.27. The minimum Gasteiger partial charge on any atom is -0.310 e.